The van der Waals surface area contributed by atoms with Crippen molar-refractivity contribution in [3.8, 4) is 11.1 Å². The number of hydrogen-bond acceptors (Lipinski definition) is 4. The highest BCUT2D eigenvalue weighted by Crippen LogP contribution is 2.22. The zero-order chi connectivity index (χ0) is 18.5. The third kappa shape index (κ3) is 4.39. The molecule has 1 aromatic heterocycles. The van der Waals surface area contributed by atoms with Crippen molar-refractivity contribution < 1.29 is 9.59 Å². The molecule has 1 saturated heterocycles. The van der Waals surface area contributed by atoms with Crippen molar-refractivity contribution in [3.05, 3.63) is 53.3 Å². The molecule has 7 heteroatoms. The third-order valence-electron chi connectivity index (χ3n) is 4.47. The van der Waals surface area contributed by atoms with Crippen molar-refractivity contribution in [3.63, 3.8) is 0 Å². The molecule has 0 unspecified atom stereocenters. The van der Waals surface area contributed by atoms with Crippen LogP contribution in [0.2, 0.25) is 5.02 Å². The van der Waals surface area contributed by atoms with Crippen LogP contribution < -0.4 is 5.32 Å². The van der Waals surface area contributed by atoms with E-state index in [9.17, 15) is 9.59 Å². The van der Waals surface area contributed by atoms with Gasteiger partial charge in [-0.15, -0.1) is 0 Å². The van der Waals surface area contributed by atoms with Gasteiger partial charge >= 0.3 is 0 Å². The number of aromatic nitrogens is 1. The Balaban J connectivity index is 1.66. The van der Waals surface area contributed by atoms with Gasteiger partial charge in [-0.2, -0.15) is 0 Å². The van der Waals surface area contributed by atoms with Gasteiger partial charge in [0, 0.05) is 56.2 Å². The molecule has 1 fully saturated rings. The van der Waals surface area contributed by atoms with Gasteiger partial charge in [-0.05, 0) is 23.8 Å². The molecule has 1 aliphatic heterocycles. The maximum atomic E-state index is 12.8. The molecule has 6 nitrogen and oxygen atoms in total. The summed E-state index contributed by atoms with van der Waals surface area (Å²) in [5, 5.41) is 3.29. The lowest BCUT2D eigenvalue weighted by atomic mass is 10.1. The molecule has 2 heterocycles. The molecular formula is C19H21ClN4O2. The summed E-state index contributed by atoms with van der Waals surface area (Å²) in [6.07, 6.45) is 3.33. The quantitative estimate of drug-likeness (QED) is 0.890. The van der Waals surface area contributed by atoms with Crippen LogP contribution in [0.25, 0.3) is 11.1 Å². The molecule has 1 aromatic carbocycles. The van der Waals surface area contributed by atoms with E-state index in [2.05, 4.69) is 10.3 Å². The predicted molar refractivity (Wildman–Crippen MR) is 101 cm³/mol. The minimum Gasteiger partial charge on any atom is -0.358 e. The number of pyridine rings is 1. The molecule has 1 aliphatic rings. The van der Waals surface area contributed by atoms with Crippen molar-refractivity contribution in [2.24, 2.45) is 0 Å². The van der Waals surface area contributed by atoms with E-state index in [-0.39, 0.29) is 11.8 Å². The highest BCUT2D eigenvalue weighted by atomic mass is 35.5. The average Bonchev–Trinajstić information content (AvgIpc) is 2.68. The standard InChI is InChI=1S/C19H21ClN4O2/c1-21-18(25)13-23-6-8-24(9-7-23)19(26)16-10-15(11-22-12-16)14-2-4-17(20)5-3-14/h2-5,10-12H,6-9,13H2,1H3,(H,21,25). The summed E-state index contributed by atoms with van der Waals surface area (Å²) < 4.78 is 0. The first-order valence-corrected chi connectivity index (χ1v) is 8.88. The van der Waals surface area contributed by atoms with Crippen molar-refractivity contribution >= 4 is 23.4 Å². The van der Waals surface area contributed by atoms with E-state index in [0.29, 0.717) is 43.3 Å². The van der Waals surface area contributed by atoms with E-state index in [1.54, 1.807) is 19.4 Å². The zero-order valence-corrected chi connectivity index (χ0v) is 15.4. The maximum Gasteiger partial charge on any atom is 0.255 e. The number of carbonyl (C=O) groups excluding carboxylic acids is 2. The van der Waals surface area contributed by atoms with Gasteiger partial charge in [0.1, 0.15) is 0 Å². The Morgan fingerprint density at radius 1 is 1.08 bits per heavy atom. The summed E-state index contributed by atoms with van der Waals surface area (Å²) in [4.78, 5) is 32.3. The lowest BCUT2D eigenvalue weighted by Crippen LogP contribution is -2.50. The first-order chi connectivity index (χ1) is 12.6. The van der Waals surface area contributed by atoms with Gasteiger partial charge < -0.3 is 10.2 Å². The van der Waals surface area contributed by atoms with Crippen LogP contribution in [0.5, 0.6) is 0 Å². The number of halogens is 1. The molecule has 0 spiro atoms. The fourth-order valence-corrected chi connectivity index (χ4v) is 3.06. The summed E-state index contributed by atoms with van der Waals surface area (Å²) in [6.45, 7) is 2.93. The number of amides is 2. The highest BCUT2D eigenvalue weighted by Gasteiger charge is 2.23. The van der Waals surface area contributed by atoms with Gasteiger partial charge in [0.05, 0.1) is 12.1 Å². The average molecular weight is 373 g/mol. The molecule has 0 atom stereocenters. The topological polar surface area (TPSA) is 65.5 Å². The first-order valence-electron chi connectivity index (χ1n) is 8.50. The van der Waals surface area contributed by atoms with Gasteiger partial charge in [0.25, 0.3) is 5.91 Å². The van der Waals surface area contributed by atoms with Crippen LogP contribution in [0, 0.1) is 0 Å². The van der Waals surface area contributed by atoms with Crippen molar-refractivity contribution in [2.75, 3.05) is 39.8 Å². The molecule has 1 N–H and O–H groups in total. The van der Waals surface area contributed by atoms with E-state index < -0.39 is 0 Å². The molecule has 0 radical (unpaired) electrons. The summed E-state index contributed by atoms with van der Waals surface area (Å²) >= 11 is 5.93. The van der Waals surface area contributed by atoms with E-state index in [1.165, 1.54) is 0 Å². The second kappa shape index (κ2) is 8.29. The van der Waals surface area contributed by atoms with Crippen LogP contribution in [0.3, 0.4) is 0 Å². The minimum absolute atomic E-state index is 0.00959. The molecule has 2 amide bonds. The number of piperazine rings is 1. The van der Waals surface area contributed by atoms with Gasteiger partial charge in [-0.3, -0.25) is 19.5 Å². The third-order valence-corrected chi connectivity index (χ3v) is 4.72. The van der Waals surface area contributed by atoms with E-state index in [1.807, 2.05) is 40.1 Å². The largest absolute Gasteiger partial charge is 0.358 e. The fraction of sp³-hybridized carbons (Fsp3) is 0.316. The first kappa shape index (κ1) is 18.4. The molecule has 0 bridgehead atoms. The van der Waals surface area contributed by atoms with Crippen LogP contribution in [-0.4, -0.2) is 66.4 Å². The van der Waals surface area contributed by atoms with E-state index in [0.717, 1.165) is 11.1 Å². The second-order valence-corrected chi connectivity index (χ2v) is 6.65. The monoisotopic (exact) mass is 372 g/mol. The predicted octanol–water partition coefficient (Wildman–Crippen LogP) is 1.91. The zero-order valence-electron chi connectivity index (χ0n) is 14.6. The molecule has 3 rings (SSSR count). The summed E-state index contributed by atoms with van der Waals surface area (Å²) in [7, 11) is 1.63. The van der Waals surface area contributed by atoms with Crippen LogP contribution in [-0.2, 0) is 4.79 Å². The Labute approximate surface area is 157 Å². The number of benzene rings is 1. The van der Waals surface area contributed by atoms with Gasteiger partial charge in [0.15, 0.2) is 0 Å². The normalized spacial score (nSPS) is 14.9. The number of carbonyl (C=O) groups is 2. The summed E-state index contributed by atoms with van der Waals surface area (Å²) in [5.74, 6) is -0.0439. The SMILES string of the molecule is CNC(=O)CN1CCN(C(=O)c2cncc(-c3ccc(Cl)cc3)c2)CC1. The molecule has 2 aromatic rings. The second-order valence-electron chi connectivity index (χ2n) is 6.21. The van der Waals surface area contributed by atoms with Crippen LogP contribution >= 0.6 is 11.6 Å². The molecule has 136 valence electrons. The van der Waals surface area contributed by atoms with Crippen molar-refractivity contribution in [1.82, 2.24) is 20.1 Å². The van der Waals surface area contributed by atoms with Crippen molar-refractivity contribution in [1.29, 1.82) is 0 Å². The fourth-order valence-electron chi connectivity index (χ4n) is 2.93. The van der Waals surface area contributed by atoms with E-state index in [4.69, 9.17) is 11.6 Å². The van der Waals surface area contributed by atoms with E-state index >= 15 is 0 Å². The molecular weight excluding hydrogens is 352 g/mol. The smallest absolute Gasteiger partial charge is 0.255 e. The molecule has 0 aliphatic carbocycles. The van der Waals surface area contributed by atoms with Gasteiger partial charge in [-0.1, -0.05) is 23.7 Å². The Bertz CT molecular complexity index is 786. The Kier molecular flexibility index (Phi) is 5.85. The number of hydrogen-bond donors (Lipinski definition) is 1. The number of likely N-dealkylation sites (N-methyl/N-ethyl adjacent to an activating group) is 1. The lowest BCUT2D eigenvalue weighted by molar-refractivity contribution is -0.122. The van der Waals surface area contributed by atoms with Crippen LogP contribution in [0.4, 0.5) is 0 Å². The lowest BCUT2D eigenvalue weighted by Gasteiger charge is -2.34. The minimum atomic E-state index is -0.0343. The van der Waals surface area contributed by atoms with Gasteiger partial charge in [0.2, 0.25) is 5.91 Å². The number of nitrogens with zero attached hydrogens (tertiary/aromatic N) is 3. The summed E-state index contributed by atoms with van der Waals surface area (Å²) in [5.41, 5.74) is 2.41. The van der Waals surface area contributed by atoms with Crippen LogP contribution in [0.1, 0.15) is 10.4 Å². The number of nitrogens with one attached hydrogen (secondary N) is 1. The highest BCUT2D eigenvalue weighted by molar-refractivity contribution is 6.30. The molecule has 26 heavy (non-hydrogen) atoms. The maximum absolute atomic E-state index is 12.8. The summed E-state index contributed by atoms with van der Waals surface area (Å²) in [6, 6.07) is 9.31. The Hall–Kier alpha value is -2.44. The van der Waals surface area contributed by atoms with Gasteiger partial charge in [-0.25, -0.2) is 0 Å². The van der Waals surface area contributed by atoms with Crippen LogP contribution in [0.15, 0.2) is 42.7 Å². The Morgan fingerprint density at radius 2 is 1.77 bits per heavy atom. The Morgan fingerprint density at radius 3 is 2.42 bits per heavy atom. The number of rotatable bonds is 4. The van der Waals surface area contributed by atoms with Crippen molar-refractivity contribution in [2.45, 2.75) is 0 Å². The molecule has 0 saturated carbocycles.